The maximum absolute atomic E-state index is 14.5. The minimum Gasteiger partial charge on any atom is -0.439 e. The standard InChI is InChI=1S/C15H7BrF3N3O2/c1-5-20-11-9(18)10(19)13-12(14(11)24-5)21-15(23)22(13)8-3-2-6(16)4-7(8)17/h2-4H,1H3,(H,21,23). The monoisotopic (exact) mass is 397 g/mol. The Hall–Kier alpha value is -2.55. The Bertz CT molecular complexity index is 1190. The van der Waals surface area contributed by atoms with Crippen LogP contribution >= 0.6 is 15.9 Å². The molecule has 0 atom stereocenters. The third-order valence-electron chi connectivity index (χ3n) is 3.62. The smallest absolute Gasteiger partial charge is 0.331 e. The first kappa shape index (κ1) is 15.0. The van der Waals surface area contributed by atoms with E-state index in [0.717, 1.165) is 10.6 Å². The van der Waals surface area contributed by atoms with Crippen LogP contribution in [0.1, 0.15) is 5.89 Å². The quantitative estimate of drug-likeness (QED) is 0.528. The van der Waals surface area contributed by atoms with Gasteiger partial charge in [0.25, 0.3) is 0 Å². The van der Waals surface area contributed by atoms with Gasteiger partial charge in [0.2, 0.25) is 0 Å². The Balaban J connectivity index is 2.22. The summed E-state index contributed by atoms with van der Waals surface area (Å²) in [5.74, 6) is -3.24. The number of benzene rings is 2. The van der Waals surface area contributed by atoms with Gasteiger partial charge in [-0.3, -0.25) is 4.57 Å². The van der Waals surface area contributed by atoms with Crippen molar-refractivity contribution in [3.05, 3.63) is 56.5 Å². The Morgan fingerprint density at radius 1 is 1.25 bits per heavy atom. The average Bonchev–Trinajstić information content (AvgIpc) is 3.06. The number of halogens is 4. The number of nitrogens with zero attached hydrogens (tertiary/aromatic N) is 2. The Morgan fingerprint density at radius 3 is 2.71 bits per heavy atom. The third-order valence-corrected chi connectivity index (χ3v) is 4.11. The summed E-state index contributed by atoms with van der Waals surface area (Å²) in [4.78, 5) is 18.4. The van der Waals surface area contributed by atoms with Crippen molar-refractivity contribution < 1.29 is 17.6 Å². The predicted molar refractivity (Wildman–Crippen MR) is 83.8 cm³/mol. The summed E-state index contributed by atoms with van der Waals surface area (Å²) >= 11 is 3.10. The van der Waals surface area contributed by atoms with Gasteiger partial charge in [0.15, 0.2) is 28.6 Å². The van der Waals surface area contributed by atoms with Crippen molar-refractivity contribution in [1.82, 2.24) is 14.5 Å². The van der Waals surface area contributed by atoms with Crippen LogP contribution < -0.4 is 5.69 Å². The zero-order chi connectivity index (χ0) is 17.2. The van der Waals surface area contributed by atoms with Gasteiger partial charge in [0, 0.05) is 11.4 Å². The molecule has 2 aromatic carbocycles. The molecule has 0 unspecified atom stereocenters. The topological polar surface area (TPSA) is 63.8 Å². The third kappa shape index (κ3) is 1.94. The van der Waals surface area contributed by atoms with E-state index in [1.54, 1.807) is 0 Å². The fourth-order valence-corrected chi connectivity index (χ4v) is 2.99. The average molecular weight is 398 g/mol. The highest BCUT2D eigenvalue weighted by molar-refractivity contribution is 9.10. The molecule has 4 aromatic rings. The normalized spacial score (nSPS) is 11.7. The summed E-state index contributed by atoms with van der Waals surface area (Å²) < 4.78 is 49.5. The first-order valence-electron chi connectivity index (χ1n) is 6.72. The molecule has 0 aliphatic rings. The molecular formula is C15H7BrF3N3O2. The summed E-state index contributed by atoms with van der Waals surface area (Å²) in [5.41, 5.74) is -2.01. The highest BCUT2D eigenvalue weighted by Gasteiger charge is 2.25. The number of hydrogen-bond donors (Lipinski definition) is 1. The van der Waals surface area contributed by atoms with Crippen molar-refractivity contribution >= 4 is 38.1 Å². The van der Waals surface area contributed by atoms with Crippen molar-refractivity contribution in [3.63, 3.8) is 0 Å². The minimum atomic E-state index is -1.31. The molecule has 0 saturated carbocycles. The second kappa shape index (κ2) is 4.97. The predicted octanol–water partition coefficient (Wildman–Crippen LogP) is 3.95. The van der Waals surface area contributed by atoms with Crippen molar-refractivity contribution in [2.75, 3.05) is 0 Å². The fourth-order valence-electron chi connectivity index (χ4n) is 2.65. The SMILES string of the molecule is Cc1nc2c(F)c(F)c3c([nH]c(=O)n3-c3ccc(Br)cc3F)c2o1. The molecule has 5 nitrogen and oxygen atoms in total. The molecular weight excluding hydrogens is 391 g/mol. The molecule has 0 saturated heterocycles. The molecule has 2 heterocycles. The van der Waals surface area contributed by atoms with E-state index >= 15 is 0 Å². The second-order valence-corrected chi connectivity index (χ2v) is 6.04. The Kier molecular flexibility index (Phi) is 3.11. The number of hydrogen-bond acceptors (Lipinski definition) is 3. The Labute approximate surface area is 139 Å². The van der Waals surface area contributed by atoms with E-state index in [4.69, 9.17) is 4.42 Å². The maximum Gasteiger partial charge on any atom is 0.331 e. The molecule has 0 spiro atoms. The molecule has 0 bridgehead atoms. The van der Waals surface area contributed by atoms with Crippen LogP contribution in [0.3, 0.4) is 0 Å². The van der Waals surface area contributed by atoms with E-state index in [0.29, 0.717) is 4.47 Å². The lowest BCUT2D eigenvalue weighted by Gasteiger charge is -2.06. The van der Waals surface area contributed by atoms with Gasteiger partial charge in [-0.05, 0) is 18.2 Å². The van der Waals surface area contributed by atoms with E-state index in [-0.39, 0.29) is 28.2 Å². The van der Waals surface area contributed by atoms with Crippen LogP contribution in [-0.4, -0.2) is 14.5 Å². The van der Waals surface area contributed by atoms with Gasteiger partial charge in [0.1, 0.15) is 16.9 Å². The molecule has 24 heavy (non-hydrogen) atoms. The first-order valence-corrected chi connectivity index (χ1v) is 7.52. The molecule has 0 radical (unpaired) electrons. The Morgan fingerprint density at radius 2 is 2.00 bits per heavy atom. The van der Waals surface area contributed by atoms with Crippen LogP contribution in [-0.2, 0) is 0 Å². The van der Waals surface area contributed by atoms with Gasteiger partial charge >= 0.3 is 5.69 Å². The molecule has 0 fully saturated rings. The first-order chi connectivity index (χ1) is 11.4. The number of nitrogens with one attached hydrogen (secondary N) is 1. The van der Waals surface area contributed by atoms with E-state index in [9.17, 15) is 18.0 Å². The van der Waals surface area contributed by atoms with Crippen molar-refractivity contribution in [1.29, 1.82) is 0 Å². The number of aryl methyl sites for hydroxylation is 1. The van der Waals surface area contributed by atoms with Crippen LogP contribution in [0.15, 0.2) is 31.9 Å². The number of fused-ring (bicyclic) bond motifs is 3. The summed E-state index contributed by atoms with van der Waals surface area (Å²) in [5, 5.41) is 0. The van der Waals surface area contributed by atoms with E-state index < -0.39 is 28.7 Å². The highest BCUT2D eigenvalue weighted by Crippen LogP contribution is 2.31. The van der Waals surface area contributed by atoms with Gasteiger partial charge in [0.05, 0.1) is 5.69 Å². The fraction of sp³-hybridized carbons (Fsp3) is 0.0667. The lowest BCUT2D eigenvalue weighted by molar-refractivity contribution is 0.519. The molecule has 0 amide bonds. The van der Waals surface area contributed by atoms with Gasteiger partial charge in [-0.15, -0.1) is 0 Å². The summed E-state index contributed by atoms with van der Waals surface area (Å²) in [6.45, 7) is 1.46. The van der Waals surface area contributed by atoms with E-state index in [1.807, 2.05) is 0 Å². The van der Waals surface area contributed by atoms with Crippen LogP contribution in [0.5, 0.6) is 0 Å². The largest absolute Gasteiger partial charge is 0.439 e. The summed E-state index contributed by atoms with van der Waals surface area (Å²) in [6.07, 6.45) is 0. The van der Waals surface area contributed by atoms with Crippen molar-refractivity contribution in [2.45, 2.75) is 6.92 Å². The maximum atomic E-state index is 14.5. The van der Waals surface area contributed by atoms with E-state index in [2.05, 4.69) is 25.9 Å². The summed E-state index contributed by atoms with van der Waals surface area (Å²) in [6, 6.07) is 3.88. The van der Waals surface area contributed by atoms with Crippen LogP contribution in [0.25, 0.3) is 27.8 Å². The van der Waals surface area contributed by atoms with Crippen molar-refractivity contribution in [3.8, 4) is 5.69 Å². The summed E-state index contributed by atoms with van der Waals surface area (Å²) in [7, 11) is 0. The van der Waals surface area contributed by atoms with E-state index in [1.165, 1.54) is 19.1 Å². The molecule has 0 aliphatic carbocycles. The molecule has 1 N–H and O–H groups in total. The number of imidazole rings is 1. The zero-order valence-corrected chi connectivity index (χ0v) is 13.5. The van der Waals surface area contributed by atoms with Gasteiger partial charge in [-0.25, -0.2) is 22.9 Å². The number of rotatable bonds is 1. The number of aromatic nitrogens is 3. The molecule has 0 aliphatic heterocycles. The second-order valence-electron chi connectivity index (χ2n) is 5.12. The molecule has 2 aromatic heterocycles. The van der Waals surface area contributed by atoms with Gasteiger partial charge < -0.3 is 9.40 Å². The zero-order valence-electron chi connectivity index (χ0n) is 12.0. The van der Waals surface area contributed by atoms with Crippen LogP contribution in [0.2, 0.25) is 0 Å². The lowest BCUT2D eigenvalue weighted by atomic mass is 10.2. The van der Waals surface area contributed by atoms with Gasteiger partial charge in [-0.1, -0.05) is 15.9 Å². The van der Waals surface area contributed by atoms with Crippen LogP contribution in [0, 0.1) is 24.4 Å². The molecule has 122 valence electrons. The minimum absolute atomic E-state index is 0.0863. The number of H-pyrrole nitrogens is 1. The highest BCUT2D eigenvalue weighted by atomic mass is 79.9. The molecule has 4 rings (SSSR count). The van der Waals surface area contributed by atoms with Crippen LogP contribution in [0.4, 0.5) is 13.2 Å². The van der Waals surface area contributed by atoms with Crippen molar-refractivity contribution in [2.24, 2.45) is 0 Å². The molecule has 9 heteroatoms. The number of aromatic amines is 1. The number of oxazole rings is 1. The lowest BCUT2D eigenvalue weighted by Crippen LogP contribution is -2.16. The van der Waals surface area contributed by atoms with Gasteiger partial charge in [-0.2, -0.15) is 0 Å².